The van der Waals surface area contributed by atoms with E-state index in [9.17, 15) is 0 Å². The molecule has 4 atom stereocenters. The zero-order chi connectivity index (χ0) is 8.59. The van der Waals surface area contributed by atoms with Gasteiger partial charge in [0.05, 0.1) is 0 Å². The first kappa shape index (κ1) is 9.44. The van der Waals surface area contributed by atoms with E-state index in [1.807, 2.05) is 0 Å². The van der Waals surface area contributed by atoms with Gasteiger partial charge >= 0.3 is 0 Å². The fraction of sp³-hybridized carbons (Fsp3) is 1.00. The molecule has 1 fully saturated rings. The molecule has 0 aromatic carbocycles. The Morgan fingerprint density at radius 1 is 0.636 bits per heavy atom. The predicted octanol–water partition coefficient (Wildman–Crippen LogP) is 3.42. The number of hydrogen-bond acceptors (Lipinski definition) is 1. The highest BCUT2D eigenvalue weighted by molar-refractivity contribution is 8.00. The Morgan fingerprint density at radius 2 is 1.00 bits per heavy atom. The lowest BCUT2D eigenvalue weighted by molar-refractivity contribution is 0.261. The van der Waals surface area contributed by atoms with Crippen LogP contribution in [0.3, 0.4) is 0 Å². The topological polar surface area (TPSA) is 0 Å². The van der Waals surface area contributed by atoms with Crippen molar-refractivity contribution < 1.29 is 0 Å². The van der Waals surface area contributed by atoms with Crippen LogP contribution in [-0.4, -0.2) is 10.5 Å². The van der Waals surface area contributed by atoms with Crippen LogP contribution < -0.4 is 0 Å². The van der Waals surface area contributed by atoms with Crippen molar-refractivity contribution in [1.82, 2.24) is 0 Å². The summed E-state index contributed by atoms with van der Waals surface area (Å²) in [5, 5.41) is 1.72. The molecule has 0 N–H and O–H groups in total. The smallest absolute Gasteiger partial charge is 0.00497 e. The first-order chi connectivity index (χ1) is 5.04. The summed E-state index contributed by atoms with van der Waals surface area (Å²) in [7, 11) is 0. The second-order valence-electron chi connectivity index (χ2n) is 4.12. The lowest BCUT2D eigenvalue weighted by Gasteiger charge is -2.40. The number of thioether (sulfide) groups is 1. The molecule has 1 heteroatoms. The summed E-state index contributed by atoms with van der Waals surface area (Å²) in [5.74, 6) is 2.69. The SMILES string of the molecule is CC1SC(C)C(C)C(C)C1C. The summed E-state index contributed by atoms with van der Waals surface area (Å²) >= 11 is 2.16. The zero-order valence-electron chi connectivity index (χ0n) is 8.29. The summed E-state index contributed by atoms with van der Waals surface area (Å²) in [4.78, 5) is 0. The first-order valence-electron chi connectivity index (χ1n) is 4.69. The Balaban J connectivity index is 2.63. The van der Waals surface area contributed by atoms with E-state index in [0.29, 0.717) is 0 Å². The molecule has 1 aliphatic heterocycles. The second kappa shape index (κ2) is 3.38. The van der Waals surface area contributed by atoms with Crippen LogP contribution in [0.1, 0.15) is 34.6 Å². The van der Waals surface area contributed by atoms with Crippen LogP contribution in [0, 0.1) is 17.8 Å². The molecule has 0 amide bonds. The molecule has 1 aliphatic rings. The molecule has 1 rings (SSSR count). The highest BCUT2D eigenvalue weighted by atomic mass is 32.2. The molecule has 66 valence electrons. The minimum Gasteiger partial charge on any atom is -0.155 e. The third-order valence-corrected chi connectivity index (χ3v) is 5.29. The van der Waals surface area contributed by atoms with Crippen LogP contribution in [0.5, 0.6) is 0 Å². The Morgan fingerprint density at radius 3 is 1.36 bits per heavy atom. The van der Waals surface area contributed by atoms with Gasteiger partial charge in [0, 0.05) is 10.5 Å². The lowest BCUT2D eigenvalue weighted by atomic mass is 9.81. The quantitative estimate of drug-likeness (QED) is 0.539. The molecule has 1 saturated heterocycles. The Labute approximate surface area is 75.1 Å². The number of hydrogen-bond donors (Lipinski definition) is 0. The molecule has 4 unspecified atom stereocenters. The molecule has 0 bridgehead atoms. The van der Waals surface area contributed by atoms with Crippen molar-refractivity contribution in [3.8, 4) is 0 Å². The summed E-state index contributed by atoms with van der Waals surface area (Å²) in [5.41, 5.74) is 0. The molecule has 0 aromatic heterocycles. The second-order valence-corrected chi connectivity index (χ2v) is 5.88. The third-order valence-electron chi connectivity index (χ3n) is 3.57. The summed E-state index contributed by atoms with van der Waals surface area (Å²) in [6, 6.07) is 0. The third kappa shape index (κ3) is 1.74. The van der Waals surface area contributed by atoms with E-state index < -0.39 is 0 Å². The average molecular weight is 172 g/mol. The van der Waals surface area contributed by atoms with Gasteiger partial charge in [-0.15, -0.1) is 0 Å². The molecule has 0 saturated carbocycles. The zero-order valence-corrected chi connectivity index (χ0v) is 9.11. The normalized spacial score (nSPS) is 52.6. The minimum atomic E-state index is 0.858. The van der Waals surface area contributed by atoms with Gasteiger partial charge in [-0.3, -0.25) is 0 Å². The molecular weight excluding hydrogens is 152 g/mol. The average Bonchev–Trinajstić information content (AvgIpc) is 1.97. The van der Waals surface area contributed by atoms with Crippen LogP contribution in [0.4, 0.5) is 0 Å². The van der Waals surface area contributed by atoms with Crippen molar-refractivity contribution in [2.24, 2.45) is 17.8 Å². The van der Waals surface area contributed by atoms with Gasteiger partial charge in [-0.05, 0) is 17.8 Å². The summed E-state index contributed by atoms with van der Waals surface area (Å²) < 4.78 is 0. The maximum Gasteiger partial charge on any atom is 0.00497 e. The molecule has 0 radical (unpaired) electrons. The van der Waals surface area contributed by atoms with E-state index in [2.05, 4.69) is 46.4 Å². The monoisotopic (exact) mass is 172 g/mol. The van der Waals surface area contributed by atoms with Crippen molar-refractivity contribution in [1.29, 1.82) is 0 Å². The van der Waals surface area contributed by atoms with Crippen molar-refractivity contribution in [2.45, 2.75) is 45.1 Å². The lowest BCUT2D eigenvalue weighted by Crippen LogP contribution is -2.35. The van der Waals surface area contributed by atoms with Crippen LogP contribution in [-0.2, 0) is 0 Å². The van der Waals surface area contributed by atoms with Gasteiger partial charge < -0.3 is 0 Å². The molecular formula is C10H20S. The Bertz CT molecular complexity index is 119. The van der Waals surface area contributed by atoms with E-state index in [1.165, 1.54) is 0 Å². The fourth-order valence-electron chi connectivity index (χ4n) is 1.92. The highest BCUT2D eigenvalue weighted by Crippen LogP contribution is 2.42. The Hall–Kier alpha value is 0.350. The molecule has 1 heterocycles. The van der Waals surface area contributed by atoms with Crippen LogP contribution in [0.2, 0.25) is 0 Å². The van der Waals surface area contributed by atoms with Gasteiger partial charge in [0.1, 0.15) is 0 Å². The highest BCUT2D eigenvalue weighted by Gasteiger charge is 2.33. The van der Waals surface area contributed by atoms with E-state index >= 15 is 0 Å². The predicted molar refractivity (Wildman–Crippen MR) is 54.0 cm³/mol. The van der Waals surface area contributed by atoms with Gasteiger partial charge in [-0.2, -0.15) is 11.8 Å². The standard InChI is InChI=1S/C10H20S/c1-6-7(2)9(4)11-10(5)8(6)3/h6-10H,1-5H3. The molecule has 0 aliphatic carbocycles. The van der Waals surface area contributed by atoms with Crippen LogP contribution in [0.15, 0.2) is 0 Å². The maximum absolute atomic E-state index is 2.40. The van der Waals surface area contributed by atoms with Gasteiger partial charge in [-0.1, -0.05) is 34.6 Å². The van der Waals surface area contributed by atoms with E-state index in [-0.39, 0.29) is 0 Å². The molecule has 0 aromatic rings. The Kier molecular flexibility index (Phi) is 2.90. The minimum absolute atomic E-state index is 0.858. The van der Waals surface area contributed by atoms with Crippen molar-refractivity contribution in [3.05, 3.63) is 0 Å². The van der Waals surface area contributed by atoms with Gasteiger partial charge in [0.15, 0.2) is 0 Å². The van der Waals surface area contributed by atoms with E-state index in [1.54, 1.807) is 0 Å². The fourth-order valence-corrected chi connectivity index (χ4v) is 3.59. The van der Waals surface area contributed by atoms with Gasteiger partial charge in [0.2, 0.25) is 0 Å². The van der Waals surface area contributed by atoms with E-state index in [0.717, 1.165) is 28.3 Å². The van der Waals surface area contributed by atoms with Crippen molar-refractivity contribution in [2.75, 3.05) is 0 Å². The van der Waals surface area contributed by atoms with Crippen molar-refractivity contribution in [3.63, 3.8) is 0 Å². The summed E-state index contributed by atoms with van der Waals surface area (Å²) in [6.45, 7) is 11.9. The maximum atomic E-state index is 2.40. The van der Waals surface area contributed by atoms with Crippen molar-refractivity contribution >= 4 is 11.8 Å². The van der Waals surface area contributed by atoms with Crippen LogP contribution >= 0.6 is 11.8 Å². The van der Waals surface area contributed by atoms with Crippen LogP contribution in [0.25, 0.3) is 0 Å². The largest absolute Gasteiger partial charge is 0.155 e. The number of rotatable bonds is 0. The van der Waals surface area contributed by atoms with E-state index in [4.69, 9.17) is 0 Å². The molecule has 0 spiro atoms. The molecule has 0 nitrogen and oxygen atoms in total. The van der Waals surface area contributed by atoms with Gasteiger partial charge in [-0.25, -0.2) is 0 Å². The summed E-state index contributed by atoms with van der Waals surface area (Å²) in [6.07, 6.45) is 0. The van der Waals surface area contributed by atoms with Gasteiger partial charge in [0.25, 0.3) is 0 Å². The first-order valence-corrected chi connectivity index (χ1v) is 5.63. The molecule has 11 heavy (non-hydrogen) atoms.